The molecule has 0 amide bonds. The smallest absolute Gasteiger partial charge is 0.133 e. The zero-order chi connectivity index (χ0) is 10.1. The van der Waals surface area contributed by atoms with Crippen molar-refractivity contribution < 1.29 is 4.39 Å². The zero-order valence-electron chi connectivity index (χ0n) is 7.75. The van der Waals surface area contributed by atoms with E-state index >= 15 is 0 Å². The highest BCUT2D eigenvalue weighted by atomic mass is 32.1. The molecule has 0 bridgehead atoms. The number of benzene rings is 1. The van der Waals surface area contributed by atoms with E-state index in [0.717, 1.165) is 10.4 Å². The third-order valence-corrected chi connectivity index (χ3v) is 3.15. The van der Waals surface area contributed by atoms with Crippen LogP contribution in [0.15, 0.2) is 29.6 Å². The fourth-order valence-electron chi connectivity index (χ4n) is 1.36. The summed E-state index contributed by atoms with van der Waals surface area (Å²) < 4.78 is 13.5. The van der Waals surface area contributed by atoms with Gasteiger partial charge in [-0.15, -0.1) is 11.3 Å². The van der Waals surface area contributed by atoms with E-state index in [1.807, 2.05) is 18.4 Å². The first-order valence-corrected chi connectivity index (χ1v) is 5.16. The lowest BCUT2D eigenvalue weighted by Gasteiger charge is -2.02. The molecule has 0 aliphatic carbocycles. The maximum absolute atomic E-state index is 13.5. The van der Waals surface area contributed by atoms with Crippen LogP contribution >= 0.6 is 11.3 Å². The van der Waals surface area contributed by atoms with Crippen molar-refractivity contribution in [3.63, 3.8) is 0 Å². The molecule has 0 aliphatic heterocycles. The number of halogens is 1. The molecule has 3 heteroatoms. The second-order valence-corrected chi connectivity index (χ2v) is 4.09. The van der Waals surface area contributed by atoms with Crippen LogP contribution in [0.3, 0.4) is 0 Å². The number of nitrogens with two attached hydrogens (primary N) is 1. The van der Waals surface area contributed by atoms with E-state index in [1.54, 1.807) is 23.5 Å². The number of aryl methyl sites for hydroxylation is 1. The van der Waals surface area contributed by atoms with E-state index in [-0.39, 0.29) is 5.82 Å². The van der Waals surface area contributed by atoms with Crippen LogP contribution in [-0.4, -0.2) is 0 Å². The van der Waals surface area contributed by atoms with E-state index in [2.05, 4.69) is 0 Å². The summed E-state index contributed by atoms with van der Waals surface area (Å²) in [5.41, 5.74) is 7.67. The number of thiophene rings is 1. The molecule has 1 aromatic heterocycles. The van der Waals surface area contributed by atoms with Crippen molar-refractivity contribution in [2.24, 2.45) is 0 Å². The molecule has 0 atom stereocenters. The molecule has 2 N–H and O–H groups in total. The molecule has 0 saturated heterocycles. The van der Waals surface area contributed by atoms with Gasteiger partial charge in [0.05, 0.1) is 0 Å². The van der Waals surface area contributed by atoms with Crippen LogP contribution < -0.4 is 5.73 Å². The van der Waals surface area contributed by atoms with Gasteiger partial charge >= 0.3 is 0 Å². The molecule has 2 aromatic rings. The van der Waals surface area contributed by atoms with Gasteiger partial charge in [0.25, 0.3) is 0 Å². The van der Waals surface area contributed by atoms with Crippen molar-refractivity contribution >= 4 is 17.0 Å². The predicted molar refractivity (Wildman–Crippen MR) is 58.9 cm³/mol. The summed E-state index contributed by atoms with van der Waals surface area (Å²) in [5.74, 6) is -0.254. The molecule has 14 heavy (non-hydrogen) atoms. The summed E-state index contributed by atoms with van der Waals surface area (Å²) in [6.07, 6.45) is 0. The number of anilines is 1. The van der Waals surface area contributed by atoms with E-state index in [9.17, 15) is 4.39 Å². The number of hydrogen-bond donors (Lipinski definition) is 1. The average Bonchev–Trinajstić information content (AvgIpc) is 2.52. The van der Waals surface area contributed by atoms with Crippen LogP contribution in [0.4, 0.5) is 10.1 Å². The van der Waals surface area contributed by atoms with Crippen molar-refractivity contribution in [1.29, 1.82) is 0 Å². The van der Waals surface area contributed by atoms with Gasteiger partial charge in [-0.2, -0.15) is 0 Å². The highest BCUT2D eigenvalue weighted by Crippen LogP contribution is 2.31. The maximum atomic E-state index is 13.5. The summed E-state index contributed by atoms with van der Waals surface area (Å²) in [6, 6.07) is 6.78. The second kappa shape index (κ2) is 3.42. The highest BCUT2D eigenvalue weighted by Gasteiger charge is 2.08. The zero-order valence-corrected chi connectivity index (χ0v) is 8.57. The summed E-state index contributed by atoms with van der Waals surface area (Å²) >= 11 is 1.54. The number of nitrogen functional groups attached to an aromatic ring is 1. The first-order valence-electron chi connectivity index (χ1n) is 4.28. The molecule has 1 aromatic carbocycles. The third-order valence-electron chi connectivity index (χ3n) is 2.10. The van der Waals surface area contributed by atoms with Gasteiger partial charge in [-0.05, 0) is 42.1 Å². The maximum Gasteiger partial charge on any atom is 0.133 e. The van der Waals surface area contributed by atoms with Gasteiger partial charge < -0.3 is 5.73 Å². The Morgan fingerprint density at radius 1 is 1.29 bits per heavy atom. The van der Waals surface area contributed by atoms with Gasteiger partial charge in [-0.25, -0.2) is 4.39 Å². The first kappa shape index (κ1) is 9.21. The van der Waals surface area contributed by atoms with Gasteiger partial charge in [-0.3, -0.25) is 0 Å². The van der Waals surface area contributed by atoms with Crippen LogP contribution in [0.2, 0.25) is 0 Å². The lowest BCUT2D eigenvalue weighted by atomic mass is 10.1. The second-order valence-electron chi connectivity index (χ2n) is 3.17. The summed E-state index contributed by atoms with van der Waals surface area (Å²) in [7, 11) is 0. The Balaban J connectivity index is 2.58. The molecule has 0 saturated carbocycles. The van der Waals surface area contributed by atoms with Crippen molar-refractivity contribution in [1.82, 2.24) is 0 Å². The standard InChI is InChI=1S/C11H10FNS/c1-7-4-5-14-11(7)9-3-2-8(13)6-10(9)12/h2-6H,13H2,1H3. The minimum absolute atomic E-state index is 0.254. The predicted octanol–water partition coefficient (Wildman–Crippen LogP) is 3.44. The Morgan fingerprint density at radius 3 is 2.64 bits per heavy atom. The molecular formula is C11H10FNS. The number of hydrogen-bond acceptors (Lipinski definition) is 2. The molecule has 1 heterocycles. The van der Waals surface area contributed by atoms with Gasteiger partial charge in [0.2, 0.25) is 0 Å². The van der Waals surface area contributed by atoms with Crippen molar-refractivity contribution in [2.75, 3.05) is 5.73 Å². The van der Waals surface area contributed by atoms with Gasteiger partial charge in [0.1, 0.15) is 5.82 Å². The van der Waals surface area contributed by atoms with E-state index in [0.29, 0.717) is 11.3 Å². The summed E-state index contributed by atoms with van der Waals surface area (Å²) in [6.45, 7) is 1.97. The Labute approximate surface area is 86.0 Å². The molecule has 0 fully saturated rings. The minimum Gasteiger partial charge on any atom is -0.399 e. The average molecular weight is 207 g/mol. The summed E-state index contributed by atoms with van der Waals surface area (Å²) in [5, 5.41) is 1.96. The topological polar surface area (TPSA) is 26.0 Å². The van der Waals surface area contributed by atoms with E-state index in [1.165, 1.54) is 6.07 Å². The van der Waals surface area contributed by atoms with E-state index < -0.39 is 0 Å². The van der Waals surface area contributed by atoms with Crippen molar-refractivity contribution in [2.45, 2.75) is 6.92 Å². The quantitative estimate of drug-likeness (QED) is 0.712. The molecular weight excluding hydrogens is 197 g/mol. The van der Waals surface area contributed by atoms with Crippen LogP contribution in [0, 0.1) is 12.7 Å². The van der Waals surface area contributed by atoms with Crippen LogP contribution in [0.5, 0.6) is 0 Å². The van der Waals surface area contributed by atoms with Crippen LogP contribution in [0.25, 0.3) is 10.4 Å². The Bertz CT molecular complexity index is 462. The third kappa shape index (κ3) is 1.51. The number of rotatable bonds is 1. The molecule has 2 rings (SSSR count). The Kier molecular flexibility index (Phi) is 2.25. The fourth-order valence-corrected chi connectivity index (χ4v) is 2.32. The molecule has 0 radical (unpaired) electrons. The molecule has 0 unspecified atom stereocenters. The molecule has 0 spiro atoms. The Morgan fingerprint density at radius 2 is 2.07 bits per heavy atom. The van der Waals surface area contributed by atoms with Crippen LogP contribution in [-0.2, 0) is 0 Å². The van der Waals surface area contributed by atoms with Crippen LogP contribution in [0.1, 0.15) is 5.56 Å². The lowest BCUT2D eigenvalue weighted by Crippen LogP contribution is -1.88. The minimum atomic E-state index is -0.254. The summed E-state index contributed by atoms with van der Waals surface area (Å²) in [4.78, 5) is 0.975. The SMILES string of the molecule is Cc1ccsc1-c1ccc(N)cc1F. The fraction of sp³-hybridized carbons (Fsp3) is 0.0909. The normalized spacial score (nSPS) is 10.4. The molecule has 0 aliphatic rings. The monoisotopic (exact) mass is 207 g/mol. The van der Waals surface area contributed by atoms with Gasteiger partial charge in [0.15, 0.2) is 0 Å². The molecule has 1 nitrogen and oxygen atoms in total. The Hall–Kier alpha value is -1.35. The van der Waals surface area contributed by atoms with Gasteiger partial charge in [0, 0.05) is 16.1 Å². The van der Waals surface area contributed by atoms with E-state index in [4.69, 9.17) is 5.73 Å². The van der Waals surface area contributed by atoms with Crippen molar-refractivity contribution in [3.05, 3.63) is 41.0 Å². The molecule has 72 valence electrons. The first-order chi connectivity index (χ1) is 6.68. The van der Waals surface area contributed by atoms with Gasteiger partial charge in [-0.1, -0.05) is 0 Å². The largest absolute Gasteiger partial charge is 0.399 e. The highest BCUT2D eigenvalue weighted by molar-refractivity contribution is 7.13. The lowest BCUT2D eigenvalue weighted by molar-refractivity contribution is 0.632. The van der Waals surface area contributed by atoms with Crippen molar-refractivity contribution in [3.8, 4) is 10.4 Å².